The van der Waals surface area contributed by atoms with Crippen molar-refractivity contribution in [2.24, 2.45) is 0 Å². The highest BCUT2D eigenvalue weighted by Crippen LogP contribution is 2.32. The third-order valence-corrected chi connectivity index (χ3v) is 4.16. The van der Waals surface area contributed by atoms with Gasteiger partial charge in [0.05, 0.1) is 28.2 Å². The molecular formula is C16H11BrF3N3S. The number of nitrogens with zero attached hydrogens (tertiary/aromatic N) is 2. The lowest BCUT2D eigenvalue weighted by Gasteiger charge is -2.05. The average Bonchev–Trinajstić information content (AvgIpc) is 2.94. The predicted molar refractivity (Wildman–Crippen MR) is 92.1 cm³/mol. The molecule has 0 unspecified atom stereocenters. The van der Waals surface area contributed by atoms with Crippen LogP contribution >= 0.6 is 28.7 Å². The first-order valence-corrected chi connectivity index (χ1v) is 7.63. The van der Waals surface area contributed by atoms with Gasteiger partial charge in [0.25, 0.3) is 0 Å². The number of aromatic nitrogens is 2. The van der Waals surface area contributed by atoms with Gasteiger partial charge in [-0.2, -0.15) is 18.4 Å². The Hall–Kier alpha value is -1.98. The molecule has 1 heterocycles. The molecule has 3 rings (SSSR count). The summed E-state index contributed by atoms with van der Waals surface area (Å²) in [5.74, 6) is 0.571. The largest absolute Gasteiger partial charge is 0.416 e. The third-order valence-electron chi connectivity index (χ3n) is 3.22. The fourth-order valence-electron chi connectivity index (χ4n) is 2.11. The van der Waals surface area contributed by atoms with E-state index in [4.69, 9.17) is 5.26 Å². The highest BCUT2D eigenvalue weighted by molar-refractivity contribution is 8.93. The van der Waals surface area contributed by atoms with E-state index in [0.717, 1.165) is 17.7 Å². The third kappa shape index (κ3) is 4.10. The van der Waals surface area contributed by atoms with Gasteiger partial charge in [0, 0.05) is 5.75 Å². The van der Waals surface area contributed by atoms with Gasteiger partial charge in [-0.05, 0) is 35.9 Å². The van der Waals surface area contributed by atoms with Crippen molar-refractivity contribution in [3.8, 4) is 6.07 Å². The number of fused-ring (bicyclic) bond motifs is 1. The van der Waals surface area contributed by atoms with Gasteiger partial charge >= 0.3 is 6.18 Å². The van der Waals surface area contributed by atoms with Crippen LogP contribution in [0.4, 0.5) is 13.2 Å². The van der Waals surface area contributed by atoms with Gasteiger partial charge in [-0.1, -0.05) is 23.9 Å². The molecule has 1 aromatic heterocycles. The molecule has 0 aliphatic carbocycles. The molecule has 0 fully saturated rings. The van der Waals surface area contributed by atoms with E-state index in [-0.39, 0.29) is 17.0 Å². The van der Waals surface area contributed by atoms with E-state index in [2.05, 4.69) is 16.0 Å². The highest BCUT2D eigenvalue weighted by Gasteiger charge is 2.30. The number of rotatable bonds is 3. The van der Waals surface area contributed by atoms with Gasteiger partial charge < -0.3 is 4.98 Å². The van der Waals surface area contributed by atoms with Crippen LogP contribution in [0.5, 0.6) is 0 Å². The highest BCUT2D eigenvalue weighted by atomic mass is 79.9. The van der Waals surface area contributed by atoms with E-state index in [1.165, 1.54) is 17.8 Å². The molecule has 0 amide bonds. The van der Waals surface area contributed by atoms with E-state index in [1.807, 2.05) is 6.07 Å². The normalized spacial score (nSPS) is 11.1. The number of aromatic amines is 1. The first-order chi connectivity index (χ1) is 11.0. The summed E-state index contributed by atoms with van der Waals surface area (Å²) in [6.07, 6.45) is -4.37. The number of thioether (sulfide) groups is 1. The molecule has 124 valence electrons. The Balaban J connectivity index is 0.00000208. The second-order valence-corrected chi connectivity index (χ2v) is 5.84. The van der Waals surface area contributed by atoms with Crippen LogP contribution in [0.25, 0.3) is 11.0 Å². The van der Waals surface area contributed by atoms with Crippen molar-refractivity contribution < 1.29 is 13.2 Å². The topological polar surface area (TPSA) is 52.5 Å². The first kappa shape index (κ1) is 18.4. The average molecular weight is 414 g/mol. The van der Waals surface area contributed by atoms with E-state index in [0.29, 0.717) is 27.5 Å². The molecule has 0 saturated heterocycles. The monoisotopic (exact) mass is 413 g/mol. The lowest BCUT2D eigenvalue weighted by Crippen LogP contribution is -2.04. The first-order valence-electron chi connectivity index (χ1n) is 6.64. The zero-order chi connectivity index (χ0) is 16.4. The Morgan fingerprint density at radius 3 is 2.67 bits per heavy atom. The van der Waals surface area contributed by atoms with Gasteiger partial charge in [0.2, 0.25) is 0 Å². The Bertz CT molecular complexity index is 899. The van der Waals surface area contributed by atoms with Crippen molar-refractivity contribution in [3.63, 3.8) is 0 Å². The number of H-pyrrole nitrogens is 1. The summed E-state index contributed by atoms with van der Waals surface area (Å²) in [5.41, 5.74) is 1.67. The van der Waals surface area contributed by atoms with Gasteiger partial charge in [-0.3, -0.25) is 0 Å². The maximum Gasteiger partial charge on any atom is 0.416 e. The Kier molecular flexibility index (Phi) is 5.57. The maximum atomic E-state index is 12.7. The second-order valence-electron chi connectivity index (χ2n) is 4.87. The van der Waals surface area contributed by atoms with E-state index in [9.17, 15) is 13.2 Å². The van der Waals surface area contributed by atoms with Crippen LogP contribution in [-0.2, 0) is 11.9 Å². The van der Waals surface area contributed by atoms with Crippen LogP contribution in [0, 0.1) is 11.3 Å². The molecule has 0 spiro atoms. The molecule has 0 bridgehead atoms. The van der Waals surface area contributed by atoms with Crippen LogP contribution < -0.4 is 0 Å². The predicted octanol–water partition coefficient (Wildman–Crippen LogP) is 5.32. The number of benzene rings is 2. The molecule has 3 nitrogen and oxygen atoms in total. The minimum Gasteiger partial charge on any atom is -0.333 e. The number of hydrogen-bond donors (Lipinski definition) is 1. The van der Waals surface area contributed by atoms with Crippen molar-refractivity contribution in [1.82, 2.24) is 9.97 Å². The molecule has 0 saturated carbocycles. The summed E-state index contributed by atoms with van der Waals surface area (Å²) < 4.78 is 38.1. The van der Waals surface area contributed by atoms with Crippen LogP contribution in [0.15, 0.2) is 47.6 Å². The standard InChI is InChI=1S/C16H10F3N3S.BrH/c17-16(18,19)12-4-5-13-14(7-12)22-15(21-13)23-9-11-3-1-2-10(6-11)8-20;/h1-7H,9H2,(H,21,22);1H. The number of halogens is 4. The van der Waals surface area contributed by atoms with Crippen molar-refractivity contribution in [1.29, 1.82) is 5.26 Å². The molecule has 0 atom stereocenters. The molecule has 24 heavy (non-hydrogen) atoms. The molecule has 1 N–H and O–H groups in total. The number of imidazole rings is 1. The van der Waals surface area contributed by atoms with E-state index < -0.39 is 11.7 Å². The van der Waals surface area contributed by atoms with Crippen LogP contribution in [0.2, 0.25) is 0 Å². The summed E-state index contributed by atoms with van der Waals surface area (Å²) in [5, 5.41) is 9.41. The zero-order valence-corrected chi connectivity index (χ0v) is 14.6. The fourth-order valence-corrected chi connectivity index (χ4v) is 2.94. The lowest BCUT2D eigenvalue weighted by molar-refractivity contribution is -0.137. The fraction of sp³-hybridized carbons (Fsp3) is 0.125. The molecule has 0 aliphatic heterocycles. The van der Waals surface area contributed by atoms with Gasteiger partial charge in [0.15, 0.2) is 5.16 Å². The minimum absolute atomic E-state index is 0. The van der Waals surface area contributed by atoms with Crippen molar-refractivity contribution in [3.05, 3.63) is 59.2 Å². The molecule has 2 aromatic carbocycles. The summed E-state index contributed by atoms with van der Waals surface area (Å²) in [6, 6.07) is 12.7. The number of nitriles is 1. The van der Waals surface area contributed by atoms with Crippen LogP contribution in [0.3, 0.4) is 0 Å². The summed E-state index contributed by atoms with van der Waals surface area (Å²) in [4.78, 5) is 7.16. The molecular weight excluding hydrogens is 403 g/mol. The smallest absolute Gasteiger partial charge is 0.333 e. The van der Waals surface area contributed by atoms with Crippen molar-refractivity contribution >= 4 is 39.8 Å². The summed E-state index contributed by atoms with van der Waals surface area (Å²) in [6.45, 7) is 0. The second kappa shape index (κ2) is 7.28. The number of hydrogen-bond acceptors (Lipinski definition) is 3. The molecule has 0 radical (unpaired) electrons. The molecule has 3 aromatic rings. The van der Waals surface area contributed by atoms with Gasteiger partial charge in [-0.15, -0.1) is 17.0 Å². The summed E-state index contributed by atoms with van der Waals surface area (Å²) >= 11 is 1.37. The minimum atomic E-state index is -4.37. The zero-order valence-electron chi connectivity index (χ0n) is 12.1. The number of alkyl halides is 3. The number of nitrogens with one attached hydrogen (secondary N) is 1. The van der Waals surface area contributed by atoms with Crippen molar-refractivity contribution in [2.75, 3.05) is 0 Å². The lowest BCUT2D eigenvalue weighted by atomic mass is 10.2. The SMILES string of the molecule is Br.N#Cc1cccc(CSc2nc3ccc(C(F)(F)F)cc3[nH]2)c1. The Morgan fingerprint density at radius 2 is 1.96 bits per heavy atom. The van der Waals surface area contributed by atoms with E-state index >= 15 is 0 Å². The van der Waals surface area contributed by atoms with Crippen molar-refractivity contribution in [2.45, 2.75) is 17.1 Å². The van der Waals surface area contributed by atoms with Gasteiger partial charge in [0.1, 0.15) is 0 Å². The van der Waals surface area contributed by atoms with E-state index in [1.54, 1.807) is 18.2 Å². The summed E-state index contributed by atoms with van der Waals surface area (Å²) in [7, 11) is 0. The molecule has 0 aliphatic rings. The Morgan fingerprint density at radius 1 is 1.17 bits per heavy atom. The Labute approximate surface area is 150 Å². The quantitative estimate of drug-likeness (QED) is 0.590. The van der Waals surface area contributed by atoms with Crippen LogP contribution in [0.1, 0.15) is 16.7 Å². The van der Waals surface area contributed by atoms with Crippen LogP contribution in [-0.4, -0.2) is 9.97 Å². The molecule has 8 heteroatoms. The van der Waals surface area contributed by atoms with Gasteiger partial charge in [-0.25, -0.2) is 4.98 Å². The maximum absolute atomic E-state index is 12.7.